The van der Waals surface area contributed by atoms with E-state index >= 15 is 0 Å². The van der Waals surface area contributed by atoms with Crippen molar-refractivity contribution in [2.45, 2.75) is 9.79 Å². The number of non-ortho nitro benzene ring substituents is 1. The molecule has 1 aromatic heterocycles. The van der Waals surface area contributed by atoms with E-state index in [4.69, 9.17) is 0 Å². The molecule has 31 heavy (non-hydrogen) atoms. The van der Waals surface area contributed by atoms with Crippen molar-refractivity contribution in [1.82, 2.24) is 14.9 Å². The average molecular weight is 439 g/mol. The van der Waals surface area contributed by atoms with Crippen molar-refractivity contribution in [3.8, 4) is 0 Å². The lowest BCUT2D eigenvalue weighted by molar-refractivity contribution is -0.384. The van der Waals surface area contributed by atoms with Crippen LogP contribution in [0, 0.1) is 15.9 Å². The summed E-state index contributed by atoms with van der Waals surface area (Å²) in [5.74, 6) is -0.141. The Bertz CT molecular complexity index is 1110. The lowest BCUT2D eigenvalue weighted by Gasteiger charge is -2.34. The largest absolute Gasteiger partial charge is 0.337 e. The van der Waals surface area contributed by atoms with E-state index in [1.54, 1.807) is 41.6 Å². The van der Waals surface area contributed by atoms with Crippen LogP contribution in [0.25, 0.3) is 0 Å². The molecular formula is C21H18FN5O3S. The number of halogens is 1. The first kappa shape index (κ1) is 20.7. The summed E-state index contributed by atoms with van der Waals surface area (Å²) in [5.41, 5.74) is 0.00409. The Morgan fingerprint density at radius 1 is 1.00 bits per heavy atom. The van der Waals surface area contributed by atoms with E-state index in [2.05, 4.69) is 9.97 Å². The topological polar surface area (TPSA) is 92.5 Å². The number of benzene rings is 2. The highest BCUT2D eigenvalue weighted by molar-refractivity contribution is 7.99. The van der Waals surface area contributed by atoms with Gasteiger partial charge in [0.15, 0.2) is 0 Å². The van der Waals surface area contributed by atoms with Gasteiger partial charge in [0, 0.05) is 60.5 Å². The number of amides is 1. The first-order valence-electron chi connectivity index (χ1n) is 9.55. The van der Waals surface area contributed by atoms with Crippen LogP contribution in [-0.4, -0.2) is 51.9 Å². The van der Waals surface area contributed by atoms with E-state index < -0.39 is 10.7 Å². The maximum absolute atomic E-state index is 14.1. The number of rotatable bonds is 5. The van der Waals surface area contributed by atoms with Crippen molar-refractivity contribution in [1.29, 1.82) is 0 Å². The van der Waals surface area contributed by atoms with Crippen LogP contribution in [0.5, 0.6) is 0 Å². The van der Waals surface area contributed by atoms with Crippen LogP contribution in [0.1, 0.15) is 10.4 Å². The third-order valence-electron chi connectivity index (χ3n) is 4.86. The number of carbonyl (C=O) groups is 1. The molecule has 0 unspecified atom stereocenters. The smallest absolute Gasteiger partial charge is 0.270 e. The van der Waals surface area contributed by atoms with E-state index in [-0.39, 0.29) is 17.2 Å². The SMILES string of the molecule is O=C(c1cc([N+](=O)[O-])ccc1Sc1ccccc1F)N1CCN(c2ncccn2)CC1. The Morgan fingerprint density at radius 3 is 2.39 bits per heavy atom. The molecule has 0 bridgehead atoms. The van der Waals surface area contributed by atoms with Crippen LogP contribution in [0.3, 0.4) is 0 Å². The van der Waals surface area contributed by atoms with Crippen LogP contribution < -0.4 is 4.90 Å². The molecule has 2 heterocycles. The van der Waals surface area contributed by atoms with E-state index in [1.807, 2.05) is 4.90 Å². The van der Waals surface area contributed by atoms with Gasteiger partial charge in [-0.3, -0.25) is 14.9 Å². The zero-order valence-corrected chi connectivity index (χ0v) is 17.2. The molecule has 3 aromatic rings. The molecule has 4 rings (SSSR count). The molecule has 0 saturated carbocycles. The van der Waals surface area contributed by atoms with Crippen LogP contribution in [-0.2, 0) is 0 Å². The standard InChI is InChI=1S/C21H18FN5O3S/c22-17-4-1-2-5-19(17)31-18-7-6-15(27(29)30)14-16(18)20(28)25-10-12-26(13-11-25)21-23-8-3-9-24-21/h1-9,14H,10-13H2. The van der Waals surface area contributed by atoms with Crippen molar-refractivity contribution >= 4 is 29.3 Å². The zero-order valence-electron chi connectivity index (χ0n) is 16.3. The molecule has 0 aliphatic carbocycles. The molecule has 8 nitrogen and oxygen atoms in total. The zero-order chi connectivity index (χ0) is 21.8. The average Bonchev–Trinajstić information content (AvgIpc) is 2.81. The molecule has 158 valence electrons. The molecule has 0 radical (unpaired) electrons. The Morgan fingerprint density at radius 2 is 1.71 bits per heavy atom. The fraction of sp³-hybridized carbons (Fsp3) is 0.190. The second-order valence-corrected chi connectivity index (χ2v) is 7.88. The van der Waals surface area contributed by atoms with Crippen LogP contribution in [0.4, 0.5) is 16.0 Å². The van der Waals surface area contributed by atoms with Crippen LogP contribution >= 0.6 is 11.8 Å². The third kappa shape index (κ3) is 4.64. The van der Waals surface area contributed by atoms with Gasteiger partial charge in [0.2, 0.25) is 5.95 Å². The third-order valence-corrected chi connectivity index (χ3v) is 5.99. The summed E-state index contributed by atoms with van der Waals surface area (Å²) in [4.78, 5) is 36.9. The highest BCUT2D eigenvalue weighted by Crippen LogP contribution is 2.34. The lowest BCUT2D eigenvalue weighted by Crippen LogP contribution is -2.49. The van der Waals surface area contributed by atoms with Crippen molar-refractivity contribution < 1.29 is 14.1 Å². The maximum atomic E-state index is 14.1. The highest BCUT2D eigenvalue weighted by Gasteiger charge is 2.27. The Balaban J connectivity index is 1.57. The minimum Gasteiger partial charge on any atom is -0.337 e. The van der Waals surface area contributed by atoms with E-state index in [0.29, 0.717) is 41.9 Å². The van der Waals surface area contributed by atoms with Crippen molar-refractivity contribution in [2.75, 3.05) is 31.1 Å². The molecule has 1 aliphatic rings. The second-order valence-electron chi connectivity index (χ2n) is 6.80. The van der Waals surface area contributed by atoms with Gasteiger partial charge in [-0.15, -0.1) is 0 Å². The number of hydrogen-bond donors (Lipinski definition) is 0. The Hall–Kier alpha value is -3.53. The number of nitrogens with zero attached hydrogens (tertiary/aromatic N) is 5. The normalized spacial score (nSPS) is 13.8. The molecule has 10 heteroatoms. The maximum Gasteiger partial charge on any atom is 0.270 e. The molecule has 0 N–H and O–H groups in total. The quantitative estimate of drug-likeness (QED) is 0.443. The van der Waals surface area contributed by atoms with Gasteiger partial charge in [-0.25, -0.2) is 14.4 Å². The van der Waals surface area contributed by atoms with Gasteiger partial charge in [-0.05, 0) is 24.3 Å². The minimum absolute atomic E-state index is 0.183. The first-order chi connectivity index (χ1) is 15.0. The summed E-state index contributed by atoms with van der Waals surface area (Å²) >= 11 is 1.08. The molecule has 1 amide bonds. The number of carbonyl (C=O) groups excluding carboxylic acids is 1. The molecule has 1 saturated heterocycles. The number of anilines is 1. The summed E-state index contributed by atoms with van der Waals surface area (Å²) in [6.45, 7) is 1.92. The predicted octanol–water partition coefficient (Wildman–Crippen LogP) is 3.64. The van der Waals surface area contributed by atoms with Crippen LogP contribution in [0.15, 0.2) is 70.7 Å². The van der Waals surface area contributed by atoms with Crippen molar-refractivity contribution in [3.05, 3.63) is 82.4 Å². The molecule has 1 fully saturated rings. The highest BCUT2D eigenvalue weighted by atomic mass is 32.2. The number of piperazine rings is 1. The van der Waals surface area contributed by atoms with Crippen LogP contribution in [0.2, 0.25) is 0 Å². The Labute approximate surface area is 181 Å². The number of nitro groups is 1. The summed E-state index contributed by atoms with van der Waals surface area (Å²) in [7, 11) is 0. The van der Waals surface area contributed by atoms with E-state index in [1.165, 1.54) is 24.3 Å². The minimum atomic E-state index is -0.543. The van der Waals surface area contributed by atoms with E-state index in [9.17, 15) is 19.3 Å². The number of hydrogen-bond acceptors (Lipinski definition) is 7. The monoisotopic (exact) mass is 439 g/mol. The van der Waals surface area contributed by atoms with Gasteiger partial charge < -0.3 is 9.80 Å². The summed E-state index contributed by atoms with van der Waals surface area (Å²) < 4.78 is 14.1. The second kappa shape index (κ2) is 9.09. The van der Waals surface area contributed by atoms with Gasteiger partial charge >= 0.3 is 0 Å². The van der Waals surface area contributed by atoms with E-state index in [0.717, 1.165) is 11.8 Å². The predicted molar refractivity (Wildman–Crippen MR) is 114 cm³/mol. The molecule has 2 aromatic carbocycles. The summed E-state index contributed by atoms with van der Waals surface area (Å²) in [6.07, 6.45) is 3.32. The first-order valence-corrected chi connectivity index (χ1v) is 10.4. The van der Waals surface area contributed by atoms with Crippen molar-refractivity contribution in [2.24, 2.45) is 0 Å². The molecule has 1 aliphatic heterocycles. The van der Waals surface area contributed by atoms with Crippen molar-refractivity contribution in [3.63, 3.8) is 0 Å². The summed E-state index contributed by atoms with van der Waals surface area (Å²) in [5, 5.41) is 11.3. The molecule has 0 spiro atoms. The molecule has 0 atom stereocenters. The summed E-state index contributed by atoms with van der Waals surface area (Å²) in [6, 6.07) is 12.0. The van der Waals surface area contributed by atoms with Gasteiger partial charge in [0.25, 0.3) is 11.6 Å². The molecular weight excluding hydrogens is 421 g/mol. The van der Waals surface area contributed by atoms with Gasteiger partial charge in [-0.1, -0.05) is 23.9 Å². The van der Waals surface area contributed by atoms with Gasteiger partial charge in [0.1, 0.15) is 5.82 Å². The Kier molecular flexibility index (Phi) is 6.08. The number of aromatic nitrogens is 2. The lowest BCUT2D eigenvalue weighted by atomic mass is 10.1. The number of nitro benzene ring substituents is 1. The van der Waals surface area contributed by atoms with Gasteiger partial charge in [-0.2, -0.15) is 0 Å². The van der Waals surface area contributed by atoms with Gasteiger partial charge in [0.05, 0.1) is 10.5 Å². The fourth-order valence-electron chi connectivity index (χ4n) is 3.27. The fourth-order valence-corrected chi connectivity index (χ4v) is 4.21.